The summed E-state index contributed by atoms with van der Waals surface area (Å²) >= 11 is 0. The minimum absolute atomic E-state index is 0.150. The van der Waals surface area contributed by atoms with Gasteiger partial charge in [-0.3, -0.25) is 0 Å². The van der Waals surface area contributed by atoms with Crippen molar-refractivity contribution in [2.24, 2.45) is 0 Å². The smallest absolute Gasteiger partial charge is 0.136 e. The molecule has 1 aliphatic rings. The van der Waals surface area contributed by atoms with Crippen molar-refractivity contribution in [1.29, 1.82) is 0 Å². The maximum absolute atomic E-state index is 6.37. The molecular weight excluding hydrogens is 629 g/mol. The Labute approximate surface area is 302 Å². The minimum atomic E-state index is -0.150. The van der Waals surface area contributed by atoms with Gasteiger partial charge < -0.3 is 4.42 Å². The number of fused-ring (bicyclic) bond motifs is 10. The van der Waals surface area contributed by atoms with Crippen molar-refractivity contribution in [3.63, 3.8) is 0 Å². The predicted molar refractivity (Wildman–Crippen MR) is 220 cm³/mol. The van der Waals surface area contributed by atoms with Crippen LogP contribution >= 0.6 is 0 Å². The van der Waals surface area contributed by atoms with Crippen LogP contribution in [-0.2, 0) is 5.41 Å². The number of hydrogen-bond acceptors (Lipinski definition) is 1. The lowest BCUT2D eigenvalue weighted by molar-refractivity contribution is 0.663. The Kier molecular flexibility index (Phi) is 6.08. The van der Waals surface area contributed by atoms with E-state index in [1.165, 1.54) is 98.7 Å². The quantitative estimate of drug-likeness (QED) is 0.172. The molecule has 1 heteroatoms. The Morgan fingerprint density at radius 2 is 0.962 bits per heavy atom. The first-order valence-corrected chi connectivity index (χ1v) is 18.2. The van der Waals surface area contributed by atoms with Gasteiger partial charge in [0.1, 0.15) is 11.2 Å². The molecule has 1 nitrogen and oxygen atoms in total. The lowest BCUT2D eigenvalue weighted by atomic mass is 9.80. The topological polar surface area (TPSA) is 13.1 Å². The van der Waals surface area contributed by atoms with E-state index in [9.17, 15) is 0 Å². The maximum Gasteiger partial charge on any atom is 0.136 e. The highest BCUT2D eigenvalue weighted by Gasteiger charge is 2.37. The Hall–Kier alpha value is -6.44. The molecule has 0 unspecified atom stereocenters. The summed E-state index contributed by atoms with van der Waals surface area (Å²) in [7, 11) is 0. The number of benzene rings is 9. The zero-order chi connectivity index (χ0) is 34.6. The van der Waals surface area contributed by atoms with E-state index in [0.29, 0.717) is 0 Å². The molecule has 0 aliphatic heterocycles. The van der Waals surface area contributed by atoms with E-state index in [4.69, 9.17) is 4.42 Å². The largest absolute Gasteiger partial charge is 0.456 e. The third-order valence-corrected chi connectivity index (χ3v) is 11.6. The summed E-state index contributed by atoms with van der Waals surface area (Å²) < 4.78 is 6.37. The molecule has 1 heterocycles. The first kappa shape index (κ1) is 29.3. The van der Waals surface area contributed by atoms with Crippen molar-refractivity contribution in [2.45, 2.75) is 19.3 Å². The van der Waals surface area contributed by atoms with Crippen LogP contribution < -0.4 is 0 Å². The molecule has 1 aromatic heterocycles. The third kappa shape index (κ3) is 4.11. The highest BCUT2D eigenvalue weighted by atomic mass is 16.3. The predicted octanol–water partition coefficient (Wildman–Crippen LogP) is 14.4. The van der Waals surface area contributed by atoms with Gasteiger partial charge in [-0.2, -0.15) is 0 Å². The van der Waals surface area contributed by atoms with E-state index >= 15 is 0 Å². The van der Waals surface area contributed by atoms with Gasteiger partial charge in [0.2, 0.25) is 0 Å². The molecule has 11 rings (SSSR count). The first-order chi connectivity index (χ1) is 25.5. The average molecular weight is 663 g/mol. The van der Waals surface area contributed by atoms with Crippen LogP contribution in [0.3, 0.4) is 0 Å². The van der Waals surface area contributed by atoms with Gasteiger partial charge in [0.25, 0.3) is 0 Å². The third-order valence-electron chi connectivity index (χ3n) is 11.6. The van der Waals surface area contributed by atoms with Crippen LogP contribution in [0.5, 0.6) is 0 Å². The molecule has 0 spiro atoms. The van der Waals surface area contributed by atoms with Crippen LogP contribution in [0.15, 0.2) is 174 Å². The van der Waals surface area contributed by atoms with Gasteiger partial charge in [-0.15, -0.1) is 0 Å². The summed E-state index contributed by atoms with van der Waals surface area (Å²) in [4.78, 5) is 0. The standard InChI is InChI=1S/C51H34O/c1-51(2)45-26-24-33(28-43(45)41-25-23-34-29-44-36-17-10-11-22-46(36)52-47(44)30-42(34)50(41)51)32-15-12-16-35(27-32)49-39-20-8-6-18-37(39)48(31-13-4-3-5-14-31)38-19-7-9-21-40(38)49/h3-30H,1-2H3. The Morgan fingerprint density at radius 3 is 1.69 bits per heavy atom. The van der Waals surface area contributed by atoms with Gasteiger partial charge in [-0.05, 0) is 118 Å². The minimum Gasteiger partial charge on any atom is -0.456 e. The number of furan rings is 1. The Balaban J connectivity index is 1.08. The number of para-hydroxylation sites is 1. The van der Waals surface area contributed by atoms with Crippen molar-refractivity contribution >= 4 is 54.3 Å². The molecule has 0 atom stereocenters. The average Bonchev–Trinajstić information content (AvgIpc) is 3.67. The van der Waals surface area contributed by atoms with E-state index < -0.39 is 0 Å². The van der Waals surface area contributed by atoms with E-state index in [1.807, 2.05) is 6.07 Å². The normalized spacial score (nSPS) is 13.3. The van der Waals surface area contributed by atoms with Crippen LogP contribution in [0.2, 0.25) is 0 Å². The van der Waals surface area contributed by atoms with E-state index in [0.717, 1.165) is 11.2 Å². The second-order valence-corrected chi connectivity index (χ2v) is 14.8. The van der Waals surface area contributed by atoms with Crippen molar-refractivity contribution in [2.75, 3.05) is 0 Å². The van der Waals surface area contributed by atoms with Gasteiger partial charge in [0.15, 0.2) is 0 Å². The zero-order valence-corrected chi connectivity index (χ0v) is 29.1. The van der Waals surface area contributed by atoms with Crippen LogP contribution in [0.25, 0.3) is 98.8 Å². The van der Waals surface area contributed by atoms with E-state index in [-0.39, 0.29) is 5.41 Å². The lowest BCUT2D eigenvalue weighted by Crippen LogP contribution is -2.15. The molecule has 0 bridgehead atoms. The van der Waals surface area contributed by atoms with Crippen LogP contribution in [0, 0.1) is 0 Å². The monoisotopic (exact) mass is 662 g/mol. The van der Waals surface area contributed by atoms with Crippen molar-refractivity contribution < 1.29 is 4.42 Å². The molecule has 244 valence electrons. The molecule has 0 radical (unpaired) electrons. The van der Waals surface area contributed by atoms with Crippen molar-refractivity contribution in [3.05, 3.63) is 181 Å². The van der Waals surface area contributed by atoms with Gasteiger partial charge in [0.05, 0.1) is 0 Å². The second kappa shape index (κ2) is 10.8. The molecule has 10 aromatic rings. The fraction of sp³-hybridized carbons (Fsp3) is 0.0588. The second-order valence-electron chi connectivity index (χ2n) is 14.8. The molecular formula is C51H34O. The zero-order valence-electron chi connectivity index (χ0n) is 29.1. The molecule has 1 aliphatic carbocycles. The highest BCUT2D eigenvalue weighted by Crippen LogP contribution is 2.53. The summed E-state index contributed by atoms with van der Waals surface area (Å²) in [5, 5.41) is 9.96. The Morgan fingerprint density at radius 1 is 0.365 bits per heavy atom. The summed E-state index contributed by atoms with van der Waals surface area (Å²) in [5.74, 6) is 0. The molecule has 0 saturated heterocycles. The fourth-order valence-corrected chi connectivity index (χ4v) is 9.28. The fourth-order valence-electron chi connectivity index (χ4n) is 9.28. The van der Waals surface area contributed by atoms with E-state index in [1.54, 1.807) is 0 Å². The Bertz CT molecular complexity index is 3030. The maximum atomic E-state index is 6.37. The molecule has 0 fully saturated rings. The summed E-state index contributed by atoms with van der Waals surface area (Å²) in [5.41, 5.74) is 14.6. The van der Waals surface area contributed by atoms with Crippen molar-refractivity contribution in [1.82, 2.24) is 0 Å². The summed E-state index contributed by atoms with van der Waals surface area (Å²) in [6, 6.07) is 62.4. The van der Waals surface area contributed by atoms with E-state index in [2.05, 4.69) is 178 Å². The first-order valence-electron chi connectivity index (χ1n) is 18.2. The summed E-state index contributed by atoms with van der Waals surface area (Å²) in [6.07, 6.45) is 0. The van der Waals surface area contributed by atoms with Crippen molar-refractivity contribution in [3.8, 4) is 44.5 Å². The SMILES string of the molecule is CC1(C)c2ccc(-c3cccc(-c4c5ccccc5c(-c5ccccc5)c5ccccc45)c3)cc2-c2ccc3cc4c(cc3c21)oc1ccccc14. The number of rotatable bonds is 3. The highest BCUT2D eigenvalue weighted by molar-refractivity contribution is 6.21. The van der Waals surface area contributed by atoms with Gasteiger partial charge in [-0.1, -0.05) is 153 Å². The summed E-state index contributed by atoms with van der Waals surface area (Å²) in [6.45, 7) is 4.74. The molecule has 0 N–H and O–H groups in total. The van der Waals surface area contributed by atoms with Crippen LogP contribution in [-0.4, -0.2) is 0 Å². The molecule has 0 amide bonds. The van der Waals surface area contributed by atoms with Crippen LogP contribution in [0.1, 0.15) is 25.0 Å². The number of hydrogen-bond donors (Lipinski definition) is 0. The molecule has 0 saturated carbocycles. The van der Waals surface area contributed by atoms with Gasteiger partial charge in [0, 0.05) is 16.2 Å². The molecule has 52 heavy (non-hydrogen) atoms. The lowest BCUT2D eigenvalue weighted by Gasteiger charge is -2.23. The van der Waals surface area contributed by atoms with Crippen LogP contribution in [0.4, 0.5) is 0 Å². The van der Waals surface area contributed by atoms with Gasteiger partial charge in [-0.25, -0.2) is 0 Å². The molecule has 9 aromatic carbocycles. The van der Waals surface area contributed by atoms with Gasteiger partial charge >= 0.3 is 0 Å².